The highest BCUT2D eigenvalue weighted by Gasteiger charge is 2.04. The lowest BCUT2D eigenvalue weighted by Crippen LogP contribution is -1.88. The van der Waals surface area contributed by atoms with E-state index in [0.717, 1.165) is 21.5 Å². The normalized spacial score (nSPS) is 10.7. The second-order valence-electron chi connectivity index (χ2n) is 3.45. The van der Waals surface area contributed by atoms with Gasteiger partial charge < -0.3 is 4.74 Å². The molecule has 0 radical (unpaired) electrons. The van der Waals surface area contributed by atoms with Gasteiger partial charge in [-0.2, -0.15) is 0 Å². The summed E-state index contributed by atoms with van der Waals surface area (Å²) in [6.07, 6.45) is 7.43. The van der Waals surface area contributed by atoms with Crippen LogP contribution in [0.1, 0.15) is 12.5 Å². The number of aromatic nitrogens is 1. The molecule has 0 N–H and O–H groups in total. The molecule has 2 nitrogen and oxygen atoms in total. The Kier molecular flexibility index (Phi) is 3.94. The van der Waals surface area contributed by atoms with E-state index in [1.54, 1.807) is 12.4 Å². The molecule has 0 saturated carbocycles. The number of pyridine rings is 1. The van der Waals surface area contributed by atoms with E-state index >= 15 is 0 Å². The summed E-state index contributed by atoms with van der Waals surface area (Å²) in [5, 5.41) is 0. The molecule has 2 aromatic rings. The number of nitrogens with zero attached hydrogens (tertiary/aromatic N) is 1. The van der Waals surface area contributed by atoms with Gasteiger partial charge in [-0.25, -0.2) is 0 Å². The lowest BCUT2D eigenvalue weighted by atomic mass is 10.2. The van der Waals surface area contributed by atoms with E-state index in [0.29, 0.717) is 0 Å². The number of para-hydroxylation sites is 1. The second kappa shape index (κ2) is 5.64. The summed E-state index contributed by atoms with van der Waals surface area (Å²) in [5.41, 5.74) is 1.05. The number of ether oxygens (including phenoxy) is 1. The van der Waals surface area contributed by atoms with Crippen LogP contribution in [0.25, 0.3) is 6.08 Å². The number of hydrogen-bond acceptors (Lipinski definition) is 2. The van der Waals surface area contributed by atoms with Crippen molar-refractivity contribution in [1.29, 1.82) is 0 Å². The molecule has 0 amide bonds. The quantitative estimate of drug-likeness (QED) is 0.819. The maximum absolute atomic E-state index is 5.85. The van der Waals surface area contributed by atoms with Crippen LogP contribution in [0, 0.1) is 0 Å². The Balaban J connectivity index is 2.33. The molecule has 2 rings (SSSR count). The number of halogens is 1. The van der Waals surface area contributed by atoms with Gasteiger partial charge in [-0.1, -0.05) is 30.4 Å². The SMILES string of the molecule is C/C=C/c1ccccc1Oc1ccncc1Br. The molecule has 0 aliphatic rings. The number of hydrogen-bond donors (Lipinski definition) is 0. The van der Waals surface area contributed by atoms with Crippen molar-refractivity contribution in [3.8, 4) is 11.5 Å². The van der Waals surface area contributed by atoms with Crippen LogP contribution < -0.4 is 4.74 Å². The third-order valence-corrected chi connectivity index (χ3v) is 2.82. The summed E-state index contributed by atoms with van der Waals surface area (Å²) < 4.78 is 6.70. The summed E-state index contributed by atoms with van der Waals surface area (Å²) in [4.78, 5) is 4.00. The van der Waals surface area contributed by atoms with Crippen LogP contribution in [0.4, 0.5) is 0 Å². The standard InChI is InChI=1S/C14H12BrNO/c1-2-5-11-6-3-4-7-13(11)17-14-8-9-16-10-12(14)15/h2-10H,1H3/b5-2+. The van der Waals surface area contributed by atoms with E-state index in [-0.39, 0.29) is 0 Å². The van der Waals surface area contributed by atoms with Crippen molar-refractivity contribution >= 4 is 22.0 Å². The molecule has 3 heteroatoms. The van der Waals surface area contributed by atoms with Crippen LogP contribution in [0.15, 0.2) is 53.3 Å². The predicted molar refractivity (Wildman–Crippen MR) is 73.2 cm³/mol. The summed E-state index contributed by atoms with van der Waals surface area (Å²) in [6.45, 7) is 1.99. The van der Waals surface area contributed by atoms with E-state index in [2.05, 4.69) is 20.9 Å². The monoisotopic (exact) mass is 289 g/mol. The van der Waals surface area contributed by atoms with Crippen LogP contribution in [-0.2, 0) is 0 Å². The minimum atomic E-state index is 0.761. The van der Waals surface area contributed by atoms with E-state index in [4.69, 9.17) is 4.74 Å². The fourth-order valence-corrected chi connectivity index (χ4v) is 1.79. The first-order valence-electron chi connectivity index (χ1n) is 5.30. The predicted octanol–water partition coefficient (Wildman–Crippen LogP) is 4.67. The molecule has 17 heavy (non-hydrogen) atoms. The summed E-state index contributed by atoms with van der Waals surface area (Å²) in [7, 11) is 0. The van der Waals surface area contributed by atoms with Crippen molar-refractivity contribution in [1.82, 2.24) is 4.98 Å². The molecule has 0 atom stereocenters. The average Bonchev–Trinajstić information content (AvgIpc) is 2.35. The van der Waals surface area contributed by atoms with Crippen LogP contribution >= 0.6 is 15.9 Å². The Hall–Kier alpha value is -1.61. The van der Waals surface area contributed by atoms with Crippen LogP contribution in [0.2, 0.25) is 0 Å². The highest BCUT2D eigenvalue weighted by molar-refractivity contribution is 9.10. The maximum Gasteiger partial charge on any atom is 0.144 e. The summed E-state index contributed by atoms with van der Waals surface area (Å²) in [6, 6.07) is 9.74. The molecule has 0 bridgehead atoms. The van der Waals surface area contributed by atoms with Gasteiger partial charge in [-0.15, -0.1) is 0 Å². The van der Waals surface area contributed by atoms with E-state index in [1.807, 2.05) is 49.4 Å². The van der Waals surface area contributed by atoms with Crippen LogP contribution in [0.3, 0.4) is 0 Å². The van der Waals surface area contributed by atoms with Gasteiger partial charge in [-0.3, -0.25) is 4.98 Å². The van der Waals surface area contributed by atoms with Crippen LogP contribution in [0.5, 0.6) is 11.5 Å². The topological polar surface area (TPSA) is 22.1 Å². The van der Waals surface area contributed by atoms with E-state index in [9.17, 15) is 0 Å². The van der Waals surface area contributed by atoms with Gasteiger partial charge in [0.25, 0.3) is 0 Å². The van der Waals surface area contributed by atoms with Crippen molar-refractivity contribution in [3.05, 3.63) is 58.8 Å². The molecule has 1 aromatic carbocycles. The van der Waals surface area contributed by atoms with Crippen molar-refractivity contribution in [3.63, 3.8) is 0 Å². The highest BCUT2D eigenvalue weighted by atomic mass is 79.9. The van der Waals surface area contributed by atoms with Gasteiger partial charge in [-0.05, 0) is 28.9 Å². The minimum Gasteiger partial charge on any atom is -0.455 e. The van der Waals surface area contributed by atoms with Gasteiger partial charge in [0, 0.05) is 24.0 Å². The number of benzene rings is 1. The average molecular weight is 290 g/mol. The highest BCUT2D eigenvalue weighted by Crippen LogP contribution is 2.30. The Labute approximate surface area is 109 Å². The summed E-state index contributed by atoms with van der Waals surface area (Å²) >= 11 is 3.41. The first kappa shape index (κ1) is 11.9. The zero-order valence-electron chi connectivity index (χ0n) is 9.43. The minimum absolute atomic E-state index is 0.761. The van der Waals surface area contributed by atoms with Crippen molar-refractivity contribution in [2.24, 2.45) is 0 Å². The Morgan fingerprint density at radius 1 is 1.18 bits per heavy atom. The van der Waals surface area contributed by atoms with Crippen molar-refractivity contribution in [2.75, 3.05) is 0 Å². The zero-order valence-corrected chi connectivity index (χ0v) is 11.0. The van der Waals surface area contributed by atoms with Crippen LogP contribution in [-0.4, -0.2) is 4.98 Å². The van der Waals surface area contributed by atoms with Crippen molar-refractivity contribution < 1.29 is 4.74 Å². The van der Waals surface area contributed by atoms with Gasteiger partial charge in [0.1, 0.15) is 11.5 Å². The Bertz CT molecular complexity index is 537. The first-order chi connectivity index (χ1) is 8.31. The fourth-order valence-electron chi connectivity index (χ4n) is 1.45. The molecule has 0 fully saturated rings. The third kappa shape index (κ3) is 2.94. The van der Waals surface area contributed by atoms with Gasteiger partial charge in [0.15, 0.2) is 0 Å². The maximum atomic E-state index is 5.85. The summed E-state index contributed by atoms with van der Waals surface area (Å²) in [5.74, 6) is 1.59. The van der Waals surface area contributed by atoms with E-state index in [1.165, 1.54) is 0 Å². The number of rotatable bonds is 3. The smallest absolute Gasteiger partial charge is 0.144 e. The molecule has 0 aliphatic heterocycles. The molecule has 0 spiro atoms. The molecule has 0 unspecified atom stereocenters. The lowest BCUT2D eigenvalue weighted by molar-refractivity contribution is 0.477. The van der Waals surface area contributed by atoms with Gasteiger partial charge in [0.05, 0.1) is 4.47 Å². The fraction of sp³-hybridized carbons (Fsp3) is 0.0714. The molecule has 0 aliphatic carbocycles. The molecular formula is C14H12BrNO. The molecule has 86 valence electrons. The van der Waals surface area contributed by atoms with Gasteiger partial charge in [0.2, 0.25) is 0 Å². The second-order valence-corrected chi connectivity index (χ2v) is 4.30. The molecule has 1 aromatic heterocycles. The molecular weight excluding hydrogens is 278 g/mol. The first-order valence-corrected chi connectivity index (χ1v) is 6.09. The lowest BCUT2D eigenvalue weighted by Gasteiger charge is -2.09. The molecule has 1 heterocycles. The van der Waals surface area contributed by atoms with Gasteiger partial charge >= 0.3 is 0 Å². The van der Waals surface area contributed by atoms with E-state index < -0.39 is 0 Å². The number of allylic oxidation sites excluding steroid dienone is 1. The Morgan fingerprint density at radius 2 is 2.00 bits per heavy atom. The Morgan fingerprint density at radius 3 is 2.76 bits per heavy atom. The third-order valence-electron chi connectivity index (χ3n) is 2.22. The largest absolute Gasteiger partial charge is 0.455 e. The molecule has 0 saturated heterocycles. The van der Waals surface area contributed by atoms with Crippen molar-refractivity contribution in [2.45, 2.75) is 6.92 Å². The zero-order chi connectivity index (χ0) is 12.1.